The third kappa shape index (κ3) is 9.25. The summed E-state index contributed by atoms with van der Waals surface area (Å²) in [5.41, 5.74) is 0. The van der Waals surface area contributed by atoms with Crippen LogP contribution in [0.25, 0.3) is 0 Å². The average Bonchev–Trinajstić information content (AvgIpc) is 2.22. The number of hydrogen-bond acceptors (Lipinski definition) is 2. The molecule has 0 atom stereocenters. The van der Waals surface area contributed by atoms with Crippen LogP contribution in [0, 0.1) is 0 Å². The molecule has 0 spiro atoms. The van der Waals surface area contributed by atoms with E-state index in [9.17, 15) is 9.59 Å². The highest BCUT2D eigenvalue weighted by Gasteiger charge is 2.03. The monoisotopic (exact) mass is 214 g/mol. The van der Waals surface area contributed by atoms with Crippen molar-refractivity contribution >= 4 is 11.8 Å². The summed E-state index contributed by atoms with van der Waals surface area (Å²) in [6.45, 7) is 4.86. The van der Waals surface area contributed by atoms with Crippen LogP contribution >= 0.6 is 0 Å². The molecule has 0 rings (SSSR count). The second-order valence-corrected chi connectivity index (χ2v) is 3.58. The van der Waals surface area contributed by atoms with Crippen LogP contribution in [0.4, 0.5) is 0 Å². The van der Waals surface area contributed by atoms with Crippen molar-refractivity contribution < 1.29 is 9.59 Å². The van der Waals surface area contributed by atoms with Gasteiger partial charge in [0.15, 0.2) is 0 Å². The van der Waals surface area contributed by atoms with Gasteiger partial charge in [-0.05, 0) is 12.8 Å². The van der Waals surface area contributed by atoms with Crippen LogP contribution in [0.1, 0.15) is 46.0 Å². The Morgan fingerprint density at radius 2 is 1.67 bits per heavy atom. The highest BCUT2D eigenvalue weighted by atomic mass is 16.2. The van der Waals surface area contributed by atoms with Crippen molar-refractivity contribution in [2.45, 2.75) is 46.0 Å². The summed E-state index contributed by atoms with van der Waals surface area (Å²) in [5.74, 6) is -0.156. The van der Waals surface area contributed by atoms with Crippen LogP contribution in [0.2, 0.25) is 0 Å². The van der Waals surface area contributed by atoms with Gasteiger partial charge in [-0.25, -0.2) is 0 Å². The zero-order valence-corrected chi connectivity index (χ0v) is 9.77. The average molecular weight is 214 g/mol. The van der Waals surface area contributed by atoms with E-state index in [1.807, 2.05) is 6.92 Å². The highest BCUT2D eigenvalue weighted by molar-refractivity contribution is 5.84. The molecule has 0 aliphatic rings. The standard InChI is InChI=1S/C11H22N2O2/c1-3-5-6-8-12-11(15)9-13-10(14)7-4-2/h3-9H2,1-2H3,(H,12,15)(H,13,14). The predicted octanol–water partition coefficient (Wildman–Crippen LogP) is 1.21. The fourth-order valence-electron chi connectivity index (χ4n) is 1.16. The predicted molar refractivity (Wildman–Crippen MR) is 60.5 cm³/mol. The van der Waals surface area contributed by atoms with E-state index in [1.165, 1.54) is 0 Å². The van der Waals surface area contributed by atoms with E-state index in [2.05, 4.69) is 17.6 Å². The van der Waals surface area contributed by atoms with Gasteiger partial charge in [0.05, 0.1) is 6.54 Å². The normalized spacial score (nSPS) is 9.73. The lowest BCUT2D eigenvalue weighted by Gasteiger charge is -2.05. The lowest BCUT2D eigenvalue weighted by Crippen LogP contribution is -2.37. The number of rotatable bonds is 8. The van der Waals surface area contributed by atoms with Gasteiger partial charge in [-0.2, -0.15) is 0 Å². The second kappa shape index (κ2) is 9.49. The number of amides is 2. The Balaban J connectivity index is 3.36. The number of nitrogens with one attached hydrogen (secondary N) is 2. The van der Waals surface area contributed by atoms with Crippen LogP contribution in [0.15, 0.2) is 0 Å². The first-order chi connectivity index (χ1) is 7.20. The molecule has 0 aliphatic heterocycles. The summed E-state index contributed by atoms with van der Waals surface area (Å²) >= 11 is 0. The number of carbonyl (C=O) groups excluding carboxylic acids is 2. The Morgan fingerprint density at radius 3 is 2.27 bits per heavy atom. The quantitative estimate of drug-likeness (QED) is 0.597. The molecule has 0 unspecified atom stereocenters. The molecule has 88 valence electrons. The lowest BCUT2D eigenvalue weighted by molar-refractivity contribution is -0.126. The van der Waals surface area contributed by atoms with E-state index in [4.69, 9.17) is 0 Å². The van der Waals surface area contributed by atoms with Crippen LogP contribution in [0.5, 0.6) is 0 Å². The van der Waals surface area contributed by atoms with Gasteiger partial charge < -0.3 is 10.6 Å². The van der Waals surface area contributed by atoms with Gasteiger partial charge in [0.2, 0.25) is 11.8 Å². The Kier molecular flexibility index (Phi) is 8.82. The molecule has 0 radical (unpaired) electrons. The van der Waals surface area contributed by atoms with E-state index in [-0.39, 0.29) is 18.4 Å². The Labute approximate surface area is 91.8 Å². The fourth-order valence-corrected chi connectivity index (χ4v) is 1.16. The van der Waals surface area contributed by atoms with Crippen molar-refractivity contribution in [1.29, 1.82) is 0 Å². The minimum atomic E-state index is -0.101. The summed E-state index contributed by atoms with van der Waals surface area (Å²) in [6.07, 6.45) is 4.57. The van der Waals surface area contributed by atoms with Crippen molar-refractivity contribution in [2.75, 3.05) is 13.1 Å². The highest BCUT2D eigenvalue weighted by Crippen LogP contribution is 1.90. The van der Waals surface area contributed by atoms with Crippen molar-refractivity contribution in [3.8, 4) is 0 Å². The smallest absolute Gasteiger partial charge is 0.239 e. The molecule has 0 aliphatic carbocycles. The minimum absolute atomic E-state index is 0.0544. The molecular formula is C11H22N2O2. The summed E-state index contributed by atoms with van der Waals surface area (Å²) in [4.78, 5) is 22.2. The lowest BCUT2D eigenvalue weighted by atomic mass is 10.2. The maximum absolute atomic E-state index is 11.2. The number of carbonyl (C=O) groups is 2. The summed E-state index contributed by atoms with van der Waals surface area (Å²) < 4.78 is 0. The van der Waals surface area contributed by atoms with Crippen LogP contribution in [0.3, 0.4) is 0 Å². The molecule has 2 N–H and O–H groups in total. The van der Waals surface area contributed by atoms with Crippen molar-refractivity contribution in [3.63, 3.8) is 0 Å². The molecule has 0 heterocycles. The van der Waals surface area contributed by atoms with Crippen LogP contribution in [-0.2, 0) is 9.59 Å². The number of hydrogen-bond donors (Lipinski definition) is 2. The van der Waals surface area contributed by atoms with Crippen molar-refractivity contribution in [1.82, 2.24) is 10.6 Å². The zero-order valence-electron chi connectivity index (χ0n) is 9.77. The third-order valence-corrected chi connectivity index (χ3v) is 2.03. The second-order valence-electron chi connectivity index (χ2n) is 3.58. The molecule has 0 aromatic rings. The van der Waals surface area contributed by atoms with Gasteiger partial charge in [0.1, 0.15) is 0 Å². The molecule has 0 fully saturated rings. The van der Waals surface area contributed by atoms with Crippen LogP contribution < -0.4 is 10.6 Å². The van der Waals surface area contributed by atoms with Crippen molar-refractivity contribution in [2.24, 2.45) is 0 Å². The largest absolute Gasteiger partial charge is 0.355 e. The minimum Gasteiger partial charge on any atom is -0.355 e. The van der Waals surface area contributed by atoms with E-state index >= 15 is 0 Å². The SMILES string of the molecule is CCCCCNC(=O)CNC(=O)CCC. The molecule has 4 heteroatoms. The van der Waals surface area contributed by atoms with Crippen LogP contribution in [-0.4, -0.2) is 24.9 Å². The molecular weight excluding hydrogens is 192 g/mol. The first-order valence-corrected chi connectivity index (χ1v) is 5.74. The number of unbranched alkanes of at least 4 members (excludes halogenated alkanes) is 2. The molecule has 15 heavy (non-hydrogen) atoms. The van der Waals surface area contributed by atoms with Gasteiger partial charge >= 0.3 is 0 Å². The Morgan fingerprint density at radius 1 is 0.933 bits per heavy atom. The van der Waals surface area contributed by atoms with Gasteiger partial charge in [-0.15, -0.1) is 0 Å². The van der Waals surface area contributed by atoms with Gasteiger partial charge in [0, 0.05) is 13.0 Å². The van der Waals surface area contributed by atoms with E-state index in [1.54, 1.807) is 0 Å². The van der Waals surface area contributed by atoms with E-state index in [0.717, 1.165) is 25.7 Å². The van der Waals surface area contributed by atoms with Crippen molar-refractivity contribution in [3.05, 3.63) is 0 Å². The molecule has 0 bridgehead atoms. The fraction of sp³-hybridized carbons (Fsp3) is 0.818. The molecule has 0 aromatic heterocycles. The van der Waals surface area contributed by atoms with Gasteiger partial charge in [-0.1, -0.05) is 26.7 Å². The maximum Gasteiger partial charge on any atom is 0.239 e. The molecule has 4 nitrogen and oxygen atoms in total. The summed E-state index contributed by atoms with van der Waals surface area (Å²) in [5, 5.41) is 5.33. The summed E-state index contributed by atoms with van der Waals surface area (Å²) in [6, 6.07) is 0. The first kappa shape index (κ1) is 13.9. The topological polar surface area (TPSA) is 58.2 Å². The first-order valence-electron chi connectivity index (χ1n) is 5.74. The van der Waals surface area contributed by atoms with Gasteiger partial charge in [0.25, 0.3) is 0 Å². The Bertz CT molecular complexity index is 193. The molecule has 0 saturated heterocycles. The van der Waals surface area contributed by atoms with Gasteiger partial charge in [-0.3, -0.25) is 9.59 Å². The molecule has 0 aromatic carbocycles. The zero-order chi connectivity index (χ0) is 11.5. The van der Waals surface area contributed by atoms with E-state index in [0.29, 0.717) is 13.0 Å². The Hall–Kier alpha value is -1.06. The molecule has 2 amide bonds. The molecule has 0 saturated carbocycles. The van der Waals surface area contributed by atoms with E-state index < -0.39 is 0 Å². The third-order valence-electron chi connectivity index (χ3n) is 2.03. The summed E-state index contributed by atoms with van der Waals surface area (Å²) in [7, 11) is 0. The maximum atomic E-state index is 11.2.